The van der Waals surface area contributed by atoms with Crippen LogP contribution in [0.25, 0.3) is 0 Å². The Morgan fingerprint density at radius 2 is 1.75 bits per heavy atom. The van der Waals surface area contributed by atoms with Gasteiger partial charge in [-0.15, -0.1) is 0 Å². The van der Waals surface area contributed by atoms with Gasteiger partial charge >= 0.3 is 0 Å². The lowest BCUT2D eigenvalue weighted by atomic mass is 9.72. The monoisotopic (exact) mass is 435 g/mol. The van der Waals surface area contributed by atoms with Gasteiger partial charge in [-0.3, -0.25) is 4.79 Å². The van der Waals surface area contributed by atoms with Crippen molar-refractivity contribution in [1.82, 2.24) is 5.32 Å². The first kappa shape index (κ1) is 27.7. The standard InChI is InChI=1S/C30H45NO/c1-23(2)12-9-13-25(4)19-21-31-29(32)22-26(5)15-10-14-24(3)17-18-28-27(6)16-11-20-30(28,7)8/h10,12,14-15,17-19,22H,9,11,13,16,20-21H2,1-8H3,(H,31,32)/b15-10?,18-17?,24-14?,25-19+,26-22?. The highest BCUT2D eigenvalue weighted by Crippen LogP contribution is 2.40. The molecular weight excluding hydrogens is 390 g/mol. The number of hydrogen-bond donors (Lipinski definition) is 1. The van der Waals surface area contributed by atoms with Crippen molar-refractivity contribution < 1.29 is 4.79 Å². The van der Waals surface area contributed by atoms with Crippen molar-refractivity contribution >= 4 is 5.91 Å². The Balaban J connectivity index is 2.55. The summed E-state index contributed by atoms with van der Waals surface area (Å²) >= 11 is 0. The Morgan fingerprint density at radius 1 is 1.03 bits per heavy atom. The molecule has 1 aliphatic carbocycles. The molecule has 0 saturated carbocycles. The fourth-order valence-corrected chi connectivity index (χ4v) is 3.95. The summed E-state index contributed by atoms with van der Waals surface area (Å²) < 4.78 is 0. The van der Waals surface area contributed by atoms with Gasteiger partial charge in [0.05, 0.1) is 0 Å². The van der Waals surface area contributed by atoms with E-state index >= 15 is 0 Å². The second-order valence-corrected chi connectivity index (χ2v) is 10.0. The first-order chi connectivity index (χ1) is 15.0. The third kappa shape index (κ3) is 11.3. The fraction of sp³-hybridized carbons (Fsp3) is 0.500. The normalized spacial score (nSPS) is 17.9. The average Bonchev–Trinajstić information content (AvgIpc) is 2.66. The van der Waals surface area contributed by atoms with Crippen molar-refractivity contribution in [3.63, 3.8) is 0 Å². The summed E-state index contributed by atoms with van der Waals surface area (Å²) in [5.74, 6) is -0.0527. The molecule has 0 fully saturated rings. The second kappa shape index (κ2) is 13.9. The first-order valence-corrected chi connectivity index (χ1v) is 12.0. The third-order valence-corrected chi connectivity index (χ3v) is 5.95. The molecule has 0 aliphatic heterocycles. The van der Waals surface area contributed by atoms with Crippen LogP contribution in [0.2, 0.25) is 0 Å². The van der Waals surface area contributed by atoms with Gasteiger partial charge < -0.3 is 5.32 Å². The number of nitrogens with one attached hydrogen (secondary N) is 1. The van der Waals surface area contributed by atoms with Crippen LogP contribution in [0.5, 0.6) is 0 Å². The molecule has 0 unspecified atom stereocenters. The largest absolute Gasteiger partial charge is 0.349 e. The van der Waals surface area contributed by atoms with Gasteiger partial charge in [0.25, 0.3) is 0 Å². The predicted octanol–water partition coefficient (Wildman–Crippen LogP) is 8.33. The van der Waals surface area contributed by atoms with Crippen molar-refractivity contribution in [2.24, 2.45) is 5.41 Å². The Morgan fingerprint density at radius 3 is 2.41 bits per heavy atom. The van der Waals surface area contributed by atoms with E-state index < -0.39 is 0 Å². The molecule has 1 aliphatic rings. The van der Waals surface area contributed by atoms with E-state index in [4.69, 9.17) is 0 Å². The number of carbonyl (C=O) groups excluding carboxylic acids is 1. The molecule has 32 heavy (non-hydrogen) atoms. The molecule has 0 spiro atoms. The summed E-state index contributed by atoms with van der Waals surface area (Å²) in [6, 6.07) is 0. The molecule has 1 N–H and O–H groups in total. The quantitative estimate of drug-likeness (QED) is 0.208. The molecule has 0 aromatic carbocycles. The smallest absolute Gasteiger partial charge is 0.244 e. The lowest BCUT2D eigenvalue weighted by Crippen LogP contribution is -2.21. The summed E-state index contributed by atoms with van der Waals surface area (Å²) in [7, 11) is 0. The van der Waals surface area contributed by atoms with Crippen LogP contribution < -0.4 is 5.32 Å². The zero-order chi connectivity index (χ0) is 24.1. The molecular formula is C30H45NO. The van der Waals surface area contributed by atoms with E-state index in [1.54, 1.807) is 6.08 Å². The van der Waals surface area contributed by atoms with Crippen molar-refractivity contribution in [2.75, 3.05) is 6.54 Å². The number of hydrogen-bond acceptors (Lipinski definition) is 1. The van der Waals surface area contributed by atoms with Crippen LogP contribution in [0.15, 0.2) is 82.0 Å². The summed E-state index contributed by atoms with van der Waals surface area (Å²) in [5.41, 5.74) is 8.06. The summed E-state index contributed by atoms with van der Waals surface area (Å²) in [4.78, 5) is 12.1. The van der Waals surface area contributed by atoms with E-state index in [2.05, 4.69) is 84.2 Å². The average molecular weight is 436 g/mol. The number of amides is 1. The fourth-order valence-electron chi connectivity index (χ4n) is 3.95. The van der Waals surface area contributed by atoms with Gasteiger partial charge in [-0.1, -0.05) is 78.7 Å². The number of rotatable bonds is 10. The molecule has 0 aromatic rings. The molecule has 0 saturated heterocycles. The third-order valence-electron chi connectivity index (χ3n) is 5.95. The maximum atomic E-state index is 12.1. The highest BCUT2D eigenvalue weighted by molar-refractivity contribution is 5.88. The molecule has 0 heterocycles. The minimum absolute atomic E-state index is 0.0527. The lowest BCUT2D eigenvalue weighted by molar-refractivity contribution is -0.116. The second-order valence-electron chi connectivity index (χ2n) is 10.0. The van der Waals surface area contributed by atoms with Crippen LogP contribution in [0.4, 0.5) is 0 Å². The summed E-state index contributed by atoms with van der Waals surface area (Å²) in [6.45, 7) is 17.9. The Labute approximate surface area is 197 Å². The van der Waals surface area contributed by atoms with Crippen LogP contribution in [-0.2, 0) is 4.79 Å². The minimum Gasteiger partial charge on any atom is -0.349 e. The zero-order valence-electron chi connectivity index (χ0n) is 21.8. The van der Waals surface area contributed by atoms with Crippen molar-refractivity contribution in [3.8, 4) is 0 Å². The van der Waals surface area contributed by atoms with Gasteiger partial charge in [0.15, 0.2) is 0 Å². The zero-order valence-corrected chi connectivity index (χ0v) is 21.8. The van der Waals surface area contributed by atoms with Crippen molar-refractivity contribution in [2.45, 2.75) is 87.5 Å². The highest BCUT2D eigenvalue weighted by atomic mass is 16.1. The van der Waals surface area contributed by atoms with E-state index in [1.165, 1.54) is 47.1 Å². The number of allylic oxidation sites excluding steroid dienone is 12. The first-order valence-electron chi connectivity index (χ1n) is 12.0. The molecule has 0 bridgehead atoms. The van der Waals surface area contributed by atoms with Crippen molar-refractivity contribution in [3.05, 3.63) is 82.0 Å². The van der Waals surface area contributed by atoms with Gasteiger partial charge in [-0.2, -0.15) is 0 Å². The van der Waals surface area contributed by atoms with E-state index in [0.717, 1.165) is 18.4 Å². The van der Waals surface area contributed by atoms with E-state index in [9.17, 15) is 4.79 Å². The minimum atomic E-state index is -0.0527. The van der Waals surface area contributed by atoms with Gasteiger partial charge in [0.1, 0.15) is 0 Å². The molecule has 0 radical (unpaired) electrons. The van der Waals surface area contributed by atoms with Gasteiger partial charge in [0.2, 0.25) is 5.91 Å². The summed E-state index contributed by atoms with van der Waals surface area (Å²) in [5, 5.41) is 2.94. The van der Waals surface area contributed by atoms with E-state index in [1.807, 2.05) is 19.1 Å². The highest BCUT2D eigenvalue weighted by Gasteiger charge is 2.26. The molecule has 2 heteroatoms. The van der Waals surface area contributed by atoms with Crippen LogP contribution in [-0.4, -0.2) is 12.5 Å². The molecule has 176 valence electrons. The Hall–Kier alpha value is -2.35. The van der Waals surface area contributed by atoms with E-state index in [-0.39, 0.29) is 11.3 Å². The topological polar surface area (TPSA) is 29.1 Å². The Kier molecular flexibility index (Phi) is 12.1. The molecule has 0 atom stereocenters. The molecule has 2 nitrogen and oxygen atoms in total. The molecule has 1 rings (SSSR count). The summed E-state index contributed by atoms with van der Waals surface area (Å²) in [6.07, 6.45) is 22.4. The number of carbonyl (C=O) groups is 1. The lowest BCUT2D eigenvalue weighted by Gasteiger charge is -2.32. The van der Waals surface area contributed by atoms with Crippen LogP contribution in [0.3, 0.4) is 0 Å². The predicted molar refractivity (Wildman–Crippen MR) is 142 cm³/mol. The SMILES string of the molecule is CC(C)=CCC/C(C)=C/CNC(=O)C=C(C)C=CC=C(C)C=CC1=C(C)CCCC1(C)C. The molecule has 1 amide bonds. The van der Waals surface area contributed by atoms with Gasteiger partial charge in [0, 0.05) is 12.6 Å². The van der Waals surface area contributed by atoms with E-state index in [0.29, 0.717) is 6.54 Å². The van der Waals surface area contributed by atoms with Crippen LogP contribution >= 0.6 is 0 Å². The maximum absolute atomic E-state index is 12.1. The Bertz CT molecular complexity index is 849. The van der Waals surface area contributed by atoms with Gasteiger partial charge in [-0.25, -0.2) is 0 Å². The maximum Gasteiger partial charge on any atom is 0.244 e. The molecule has 0 aromatic heterocycles. The van der Waals surface area contributed by atoms with Crippen LogP contribution in [0, 0.1) is 5.41 Å². The van der Waals surface area contributed by atoms with Crippen LogP contribution in [0.1, 0.15) is 87.5 Å². The van der Waals surface area contributed by atoms with Gasteiger partial charge in [-0.05, 0) is 90.2 Å². The van der Waals surface area contributed by atoms with Crippen molar-refractivity contribution in [1.29, 1.82) is 0 Å².